The van der Waals surface area contributed by atoms with Crippen LogP contribution in [0.2, 0.25) is 0 Å². The van der Waals surface area contributed by atoms with Crippen molar-refractivity contribution in [2.75, 3.05) is 0 Å². The van der Waals surface area contributed by atoms with Crippen LogP contribution in [0.5, 0.6) is 0 Å². The van der Waals surface area contributed by atoms with Crippen molar-refractivity contribution >= 4 is 0 Å². The summed E-state index contributed by atoms with van der Waals surface area (Å²) in [6.07, 6.45) is 43.5. The van der Waals surface area contributed by atoms with Crippen LogP contribution in [-0.4, -0.2) is 14.1 Å². The highest BCUT2D eigenvalue weighted by Crippen LogP contribution is 2.11. The molecule has 260 valence electrons. The predicted molar refractivity (Wildman–Crippen MR) is 194 cm³/mol. The maximum atomic E-state index is 12.9. The highest BCUT2D eigenvalue weighted by molar-refractivity contribution is 4.82. The van der Waals surface area contributed by atoms with E-state index in [1.165, 1.54) is 150 Å². The van der Waals surface area contributed by atoms with Crippen LogP contribution in [-0.2, 0) is 13.1 Å². The second-order valence-electron chi connectivity index (χ2n) is 13.2. The molecule has 45 heavy (non-hydrogen) atoms. The molecule has 0 bridgehead atoms. The minimum atomic E-state index is -0.574. The van der Waals surface area contributed by atoms with Crippen molar-refractivity contribution in [3.05, 3.63) is 55.8 Å². The lowest BCUT2D eigenvalue weighted by molar-refractivity contribution is 0.463. The zero-order valence-corrected chi connectivity index (χ0v) is 29.6. The SMILES string of the molecule is CCCCCCCC/C=C\CCCCCCCCn1c(=O)[nH]c(=O)n(CCCCCCCC/C=C\CCCCCCCC)c1=O. The molecule has 0 saturated heterocycles. The molecule has 0 aliphatic rings. The van der Waals surface area contributed by atoms with E-state index in [9.17, 15) is 14.4 Å². The van der Waals surface area contributed by atoms with Gasteiger partial charge in [0.1, 0.15) is 0 Å². The fourth-order valence-corrected chi connectivity index (χ4v) is 5.98. The molecule has 1 N–H and O–H groups in total. The molecule has 1 aromatic heterocycles. The summed E-state index contributed by atoms with van der Waals surface area (Å²) in [5.74, 6) is 0. The van der Waals surface area contributed by atoms with Crippen LogP contribution in [0.1, 0.15) is 194 Å². The van der Waals surface area contributed by atoms with Crippen LogP contribution in [0.3, 0.4) is 0 Å². The van der Waals surface area contributed by atoms with Gasteiger partial charge in [0.15, 0.2) is 0 Å². The van der Waals surface area contributed by atoms with Crippen molar-refractivity contribution in [2.45, 2.75) is 207 Å². The van der Waals surface area contributed by atoms with Gasteiger partial charge in [-0.2, -0.15) is 0 Å². The Kier molecular flexibility index (Phi) is 27.8. The lowest BCUT2D eigenvalue weighted by Gasteiger charge is -2.09. The standard InChI is InChI=1S/C39H71N3O3/c1-3-5-7-9-11-13-15-17-19-21-23-25-27-29-31-33-35-41-37(43)40-38(44)42(39(41)45)36-34-32-30-28-26-24-22-20-18-16-14-12-10-8-6-4-2/h17-20H,3-16,21-36H2,1-2H3,(H,40,43,44)/b19-17-,20-18-. The first kappa shape index (κ1) is 40.9. The molecule has 0 unspecified atom stereocenters. The molecule has 0 aromatic carbocycles. The minimum Gasteiger partial charge on any atom is -0.259 e. The zero-order valence-electron chi connectivity index (χ0n) is 29.6. The summed E-state index contributed by atoms with van der Waals surface area (Å²) in [7, 11) is 0. The third-order valence-corrected chi connectivity index (χ3v) is 8.95. The van der Waals surface area contributed by atoms with Crippen LogP contribution in [0, 0.1) is 0 Å². The molecule has 0 fully saturated rings. The monoisotopic (exact) mass is 630 g/mol. The van der Waals surface area contributed by atoms with E-state index in [0.29, 0.717) is 13.1 Å². The normalized spacial score (nSPS) is 11.9. The number of aromatic nitrogens is 3. The lowest BCUT2D eigenvalue weighted by Crippen LogP contribution is -2.49. The molecule has 0 aliphatic heterocycles. The molecule has 1 aromatic rings. The molecule has 0 spiro atoms. The van der Waals surface area contributed by atoms with Gasteiger partial charge in [0.25, 0.3) is 0 Å². The van der Waals surface area contributed by atoms with Gasteiger partial charge in [-0.25, -0.2) is 23.5 Å². The molecule has 6 heteroatoms. The summed E-state index contributed by atoms with van der Waals surface area (Å²) >= 11 is 0. The number of hydrogen-bond donors (Lipinski definition) is 1. The third-order valence-electron chi connectivity index (χ3n) is 8.95. The largest absolute Gasteiger partial charge is 0.336 e. The zero-order chi connectivity index (χ0) is 32.6. The summed E-state index contributed by atoms with van der Waals surface area (Å²) in [5.41, 5.74) is -1.60. The molecular formula is C39H71N3O3. The average molecular weight is 630 g/mol. The van der Waals surface area contributed by atoms with Crippen molar-refractivity contribution in [1.29, 1.82) is 0 Å². The van der Waals surface area contributed by atoms with Crippen molar-refractivity contribution in [3.63, 3.8) is 0 Å². The Morgan fingerprint density at radius 1 is 0.400 bits per heavy atom. The molecule has 0 saturated carbocycles. The van der Waals surface area contributed by atoms with Crippen LogP contribution < -0.4 is 17.1 Å². The first-order chi connectivity index (χ1) is 22.1. The maximum absolute atomic E-state index is 12.9. The molecule has 6 nitrogen and oxygen atoms in total. The fourth-order valence-electron chi connectivity index (χ4n) is 5.98. The summed E-state index contributed by atoms with van der Waals surface area (Å²) in [5, 5.41) is 0. The summed E-state index contributed by atoms with van der Waals surface area (Å²) in [4.78, 5) is 39.9. The van der Waals surface area contributed by atoms with Gasteiger partial charge in [-0.3, -0.25) is 4.98 Å². The fraction of sp³-hybridized carbons (Fsp3) is 0.821. The number of H-pyrrole nitrogens is 1. The van der Waals surface area contributed by atoms with Crippen molar-refractivity contribution < 1.29 is 0 Å². The minimum absolute atomic E-state index is 0.378. The highest BCUT2D eigenvalue weighted by atomic mass is 16.2. The smallest absolute Gasteiger partial charge is 0.259 e. The Morgan fingerprint density at radius 2 is 0.667 bits per heavy atom. The van der Waals surface area contributed by atoms with Gasteiger partial charge in [-0.05, 0) is 64.2 Å². The number of aromatic amines is 1. The average Bonchev–Trinajstić information content (AvgIpc) is 3.03. The Hall–Kier alpha value is -2.11. The molecule has 0 radical (unpaired) electrons. The van der Waals surface area contributed by atoms with Gasteiger partial charge in [0, 0.05) is 13.1 Å². The van der Waals surface area contributed by atoms with Crippen molar-refractivity contribution in [2.24, 2.45) is 0 Å². The highest BCUT2D eigenvalue weighted by Gasteiger charge is 2.09. The van der Waals surface area contributed by atoms with Gasteiger partial charge in [-0.1, -0.05) is 154 Å². The van der Waals surface area contributed by atoms with E-state index < -0.39 is 17.1 Å². The van der Waals surface area contributed by atoms with Crippen LogP contribution in [0.4, 0.5) is 0 Å². The van der Waals surface area contributed by atoms with E-state index >= 15 is 0 Å². The summed E-state index contributed by atoms with van der Waals surface area (Å²) in [6.45, 7) is 5.28. The van der Waals surface area contributed by atoms with Gasteiger partial charge < -0.3 is 0 Å². The van der Waals surface area contributed by atoms with Gasteiger partial charge in [0.2, 0.25) is 0 Å². The molecule has 1 heterocycles. The van der Waals surface area contributed by atoms with Crippen molar-refractivity contribution in [1.82, 2.24) is 14.1 Å². The molecular weight excluding hydrogens is 558 g/mol. The Labute approximate surface area is 276 Å². The molecule has 0 aliphatic carbocycles. The Morgan fingerprint density at radius 3 is 0.978 bits per heavy atom. The van der Waals surface area contributed by atoms with Gasteiger partial charge in [-0.15, -0.1) is 0 Å². The number of unbranched alkanes of at least 4 members (excludes halogenated alkanes) is 24. The number of allylic oxidation sites excluding steroid dienone is 4. The number of hydrogen-bond acceptors (Lipinski definition) is 3. The van der Waals surface area contributed by atoms with Gasteiger partial charge in [0.05, 0.1) is 0 Å². The van der Waals surface area contributed by atoms with E-state index in [0.717, 1.165) is 38.5 Å². The van der Waals surface area contributed by atoms with E-state index in [4.69, 9.17) is 0 Å². The number of nitrogens with one attached hydrogen (secondary N) is 1. The van der Waals surface area contributed by atoms with E-state index in [1.807, 2.05) is 0 Å². The lowest BCUT2D eigenvalue weighted by atomic mass is 10.1. The van der Waals surface area contributed by atoms with Gasteiger partial charge >= 0.3 is 17.1 Å². The molecule has 1 rings (SSSR count). The maximum Gasteiger partial charge on any atom is 0.336 e. The molecule has 0 amide bonds. The number of nitrogens with zero attached hydrogens (tertiary/aromatic N) is 2. The van der Waals surface area contributed by atoms with E-state index in [2.05, 4.69) is 43.1 Å². The third kappa shape index (κ3) is 23.0. The Balaban J connectivity index is 2.11. The first-order valence-electron chi connectivity index (χ1n) is 19.4. The molecule has 0 atom stereocenters. The first-order valence-corrected chi connectivity index (χ1v) is 19.4. The van der Waals surface area contributed by atoms with Crippen LogP contribution >= 0.6 is 0 Å². The van der Waals surface area contributed by atoms with Crippen LogP contribution in [0.25, 0.3) is 0 Å². The van der Waals surface area contributed by atoms with Crippen LogP contribution in [0.15, 0.2) is 38.7 Å². The van der Waals surface area contributed by atoms with Crippen molar-refractivity contribution in [3.8, 4) is 0 Å². The Bertz CT molecular complexity index is 956. The second kappa shape index (κ2) is 30.5. The summed E-state index contributed by atoms with van der Waals surface area (Å²) < 4.78 is 2.44. The quantitative estimate of drug-likeness (QED) is 0.0636. The summed E-state index contributed by atoms with van der Waals surface area (Å²) in [6, 6.07) is 0. The second-order valence-corrected chi connectivity index (χ2v) is 13.2. The van der Waals surface area contributed by atoms with E-state index in [-0.39, 0.29) is 0 Å². The predicted octanol–water partition coefficient (Wildman–Crippen LogP) is 10.8. The topological polar surface area (TPSA) is 76.9 Å². The van der Waals surface area contributed by atoms with E-state index in [1.54, 1.807) is 0 Å². The number of rotatable bonds is 32.